The fraction of sp³-hybridized carbons (Fsp3) is 0.333. The lowest BCUT2D eigenvalue weighted by molar-refractivity contribution is -0.384. The summed E-state index contributed by atoms with van der Waals surface area (Å²) in [6.07, 6.45) is 2.44. The molecule has 6 nitrogen and oxygen atoms in total. The summed E-state index contributed by atoms with van der Waals surface area (Å²) in [5.41, 5.74) is 1.50. The first-order valence-corrected chi connectivity index (χ1v) is 6.81. The fourth-order valence-corrected chi connectivity index (χ4v) is 2.14. The monoisotopic (exact) mass is 289 g/mol. The Bertz CT molecular complexity index is 596. The molecule has 1 aromatic heterocycles. The summed E-state index contributed by atoms with van der Waals surface area (Å²) in [6, 6.07) is 9.22. The van der Waals surface area contributed by atoms with Crippen LogP contribution in [0.25, 0.3) is 0 Å². The molecule has 0 aliphatic rings. The number of furan rings is 1. The van der Waals surface area contributed by atoms with Crippen molar-refractivity contribution < 1.29 is 9.34 Å². The van der Waals surface area contributed by atoms with Crippen molar-refractivity contribution in [1.82, 2.24) is 5.32 Å². The van der Waals surface area contributed by atoms with Crippen LogP contribution in [0, 0.1) is 10.1 Å². The van der Waals surface area contributed by atoms with Crippen molar-refractivity contribution in [2.45, 2.75) is 25.9 Å². The highest BCUT2D eigenvalue weighted by Crippen LogP contribution is 2.25. The van der Waals surface area contributed by atoms with E-state index >= 15 is 0 Å². The molecular formula is C15H19N3O3. The maximum Gasteiger partial charge on any atom is 0.292 e. The zero-order valence-electron chi connectivity index (χ0n) is 12.1. The molecule has 0 radical (unpaired) electrons. The lowest BCUT2D eigenvalue weighted by atomic mass is 10.1. The molecule has 1 unspecified atom stereocenters. The molecule has 2 aromatic rings. The zero-order valence-corrected chi connectivity index (χ0v) is 12.1. The summed E-state index contributed by atoms with van der Waals surface area (Å²) in [7, 11) is 1.67. The Kier molecular flexibility index (Phi) is 4.94. The summed E-state index contributed by atoms with van der Waals surface area (Å²) < 4.78 is 5.30. The van der Waals surface area contributed by atoms with Crippen LogP contribution in [0.3, 0.4) is 0 Å². The number of nitrogens with one attached hydrogen (secondary N) is 2. The predicted molar refractivity (Wildman–Crippen MR) is 81.4 cm³/mol. The third-order valence-corrected chi connectivity index (χ3v) is 3.27. The lowest BCUT2D eigenvalue weighted by Crippen LogP contribution is -2.27. The van der Waals surface area contributed by atoms with Crippen molar-refractivity contribution in [3.8, 4) is 0 Å². The van der Waals surface area contributed by atoms with Crippen LogP contribution in [0.4, 0.5) is 11.4 Å². The smallest absolute Gasteiger partial charge is 0.292 e. The normalized spacial score (nSPS) is 12.1. The third-order valence-electron chi connectivity index (χ3n) is 3.27. The van der Waals surface area contributed by atoms with Crippen LogP contribution in [-0.2, 0) is 13.0 Å². The molecule has 0 bridgehead atoms. The van der Waals surface area contributed by atoms with Crippen LogP contribution < -0.4 is 10.6 Å². The van der Waals surface area contributed by atoms with Crippen molar-refractivity contribution in [3.63, 3.8) is 0 Å². The van der Waals surface area contributed by atoms with E-state index in [1.807, 2.05) is 18.2 Å². The van der Waals surface area contributed by atoms with E-state index in [1.54, 1.807) is 25.4 Å². The van der Waals surface area contributed by atoms with Gasteiger partial charge in [-0.25, -0.2) is 0 Å². The van der Waals surface area contributed by atoms with Gasteiger partial charge >= 0.3 is 0 Å². The highest BCUT2D eigenvalue weighted by atomic mass is 16.6. The van der Waals surface area contributed by atoms with Gasteiger partial charge in [0.05, 0.1) is 11.2 Å². The Morgan fingerprint density at radius 1 is 1.38 bits per heavy atom. The van der Waals surface area contributed by atoms with Gasteiger partial charge in [-0.1, -0.05) is 6.07 Å². The van der Waals surface area contributed by atoms with Crippen LogP contribution in [0.2, 0.25) is 0 Å². The van der Waals surface area contributed by atoms with Crippen molar-refractivity contribution in [2.24, 2.45) is 0 Å². The average Bonchev–Trinajstić information content (AvgIpc) is 2.97. The number of hydrogen-bond acceptors (Lipinski definition) is 5. The molecule has 1 atom stereocenters. The van der Waals surface area contributed by atoms with Crippen LogP contribution in [-0.4, -0.2) is 18.0 Å². The van der Waals surface area contributed by atoms with Crippen molar-refractivity contribution in [2.75, 3.05) is 12.4 Å². The van der Waals surface area contributed by atoms with Gasteiger partial charge in [-0.15, -0.1) is 0 Å². The number of benzene rings is 1. The van der Waals surface area contributed by atoms with Crippen molar-refractivity contribution in [3.05, 3.63) is 58.0 Å². The highest BCUT2D eigenvalue weighted by molar-refractivity contribution is 5.62. The van der Waals surface area contributed by atoms with Gasteiger partial charge in [-0.3, -0.25) is 10.1 Å². The van der Waals surface area contributed by atoms with Gasteiger partial charge in [0.25, 0.3) is 5.69 Å². The molecule has 2 rings (SSSR count). The highest BCUT2D eigenvalue weighted by Gasteiger charge is 2.13. The maximum atomic E-state index is 11.0. The number of nitro groups is 1. The molecule has 0 fully saturated rings. The molecule has 1 aromatic carbocycles. The average molecular weight is 289 g/mol. The Morgan fingerprint density at radius 3 is 2.81 bits per heavy atom. The van der Waals surface area contributed by atoms with Crippen LogP contribution in [0.1, 0.15) is 18.2 Å². The summed E-state index contributed by atoms with van der Waals surface area (Å²) >= 11 is 0. The summed E-state index contributed by atoms with van der Waals surface area (Å²) in [5.74, 6) is 0.923. The molecule has 0 saturated carbocycles. The zero-order chi connectivity index (χ0) is 15.2. The molecule has 6 heteroatoms. The second-order valence-corrected chi connectivity index (χ2v) is 4.92. The van der Waals surface area contributed by atoms with Crippen molar-refractivity contribution >= 4 is 11.4 Å². The standard InChI is InChI=1S/C15H19N3O3/c1-11(8-13-4-3-7-21-13)17-10-12-5-6-14(16-2)15(9-12)18(19)20/h3-7,9,11,16-17H,8,10H2,1-2H3. The van der Waals surface area contributed by atoms with E-state index in [2.05, 4.69) is 17.6 Å². The number of hydrogen-bond donors (Lipinski definition) is 2. The van der Waals surface area contributed by atoms with Gasteiger partial charge in [0.2, 0.25) is 0 Å². The number of nitrogens with zero attached hydrogens (tertiary/aromatic N) is 1. The first kappa shape index (κ1) is 15.1. The van der Waals surface area contributed by atoms with Gasteiger partial charge < -0.3 is 15.1 Å². The van der Waals surface area contributed by atoms with E-state index in [1.165, 1.54) is 0 Å². The maximum absolute atomic E-state index is 11.0. The van der Waals surface area contributed by atoms with Crippen LogP contribution >= 0.6 is 0 Å². The lowest BCUT2D eigenvalue weighted by Gasteiger charge is -2.13. The molecule has 0 saturated heterocycles. The minimum Gasteiger partial charge on any atom is -0.469 e. The largest absolute Gasteiger partial charge is 0.469 e. The second kappa shape index (κ2) is 6.90. The summed E-state index contributed by atoms with van der Waals surface area (Å²) in [4.78, 5) is 10.6. The minimum atomic E-state index is -0.373. The Labute approximate surface area is 123 Å². The minimum absolute atomic E-state index is 0.0930. The molecule has 21 heavy (non-hydrogen) atoms. The first-order valence-electron chi connectivity index (χ1n) is 6.81. The van der Waals surface area contributed by atoms with Gasteiger partial charge in [-0.05, 0) is 30.7 Å². The summed E-state index contributed by atoms with van der Waals surface area (Å²) in [6.45, 7) is 2.63. The van der Waals surface area contributed by atoms with E-state index in [4.69, 9.17) is 4.42 Å². The van der Waals surface area contributed by atoms with Gasteiger partial charge in [0, 0.05) is 32.1 Å². The number of nitro benzene ring substituents is 1. The Balaban J connectivity index is 1.96. The van der Waals surface area contributed by atoms with E-state index in [0.29, 0.717) is 12.2 Å². The van der Waals surface area contributed by atoms with E-state index in [0.717, 1.165) is 17.7 Å². The van der Waals surface area contributed by atoms with E-state index < -0.39 is 0 Å². The van der Waals surface area contributed by atoms with E-state index in [-0.39, 0.29) is 16.7 Å². The molecule has 0 aliphatic carbocycles. The Hall–Kier alpha value is -2.34. The SMILES string of the molecule is CNc1ccc(CNC(C)Cc2ccco2)cc1[N+](=O)[O-]. The summed E-state index contributed by atoms with van der Waals surface area (Å²) in [5, 5.41) is 17.2. The third kappa shape index (κ3) is 4.06. The topological polar surface area (TPSA) is 80.3 Å². The van der Waals surface area contributed by atoms with Crippen LogP contribution in [0.15, 0.2) is 41.0 Å². The van der Waals surface area contributed by atoms with Crippen LogP contribution in [0.5, 0.6) is 0 Å². The molecule has 2 N–H and O–H groups in total. The quantitative estimate of drug-likeness (QED) is 0.605. The van der Waals surface area contributed by atoms with Gasteiger partial charge in [0.15, 0.2) is 0 Å². The molecule has 0 aliphatic heterocycles. The second-order valence-electron chi connectivity index (χ2n) is 4.92. The molecule has 1 heterocycles. The predicted octanol–water partition coefficient (Wildman–Crippen LogP) is 2.95. The molecule has 112 valence electrons. The molecule has 0 amide bonds. The van der Waals surface area contributed by atoms with Gasteiger partial charge in [0.1, 0.15) is 11.4 Å². The number of anilines is 1. The van der Waals surface area contributed by atoms with Crippen molar-refractivity contribution in [1.29, 1.82) is 0 Å². The fourth-order valence-electron chi connectivity index (χ4n) is 2.14. The molecule has 0 spiro atoms. The Morgan fingerprint density at radius 2 is 2.19 bits per heavy atom. The first-order chi connectivity index (χ1) is 10.1. The number of rotatable bonds is 7. The molecular weight excluding hydrogens is 270 g/mol. The van der Waals surface area contributed by atoms with Gasteiger partial charge in [-0.2, -0.15) is 0 Å². The van der Waals surface area contributed by atoms with E-state index in [9.17, 15) is 10.1 Å².